The fourth-order valence-corrected chi connectivity index (χ4v) is 3.42. The Morgan fingerprint density at radius 1 is 1.19 bits per heavy atom. The molecule has 0 unspecified atom stereocenters. The smallest absolute Gasteiger partial charge is 0.417 e. The normalized spacial score (nSPS) is 24.8. The molecule has 150 valence electrons. The number of likely N-dealkylation sites (tertiary alicyclic amines) is 1. The molecular weight excluding hydrogens is 354 g/mol. The largest absolute Gasteiger partial charge is 0.464 e. The summed E-state index contributed by atoms with van der Waals surface area (Å²) < 4.78 is 15.4. The maximum absolute atomic E-state index is 13.1. The molecule has 2 rings (SSSR count). The third kappa shape index (κ3) is 4.31. The molecule has 27 heavy (non-hydrogen) atoms. The predicted octanol–water partition coefficient (Wildman–Crippen LogP) is 2.36. The van der Waals surface area contributed by atoms with Crippen molar-refractivity contribution in [3.63, 3.8) is 0 Å². The summed E-state index contributed by atoms with van der Waals surface area (Å²) in [4.78, 5) is 51.0. The highest BCUT2D eigenvalue weighted by Crippen LogP contribution is 2.49. The summed E-state index contributed by atoms with van der Waals surface area (Å²) in [6, 6.07) is -1.07. The van der Waals surface area contributed by atoms with Crippen LogP contribution in [0.25, 0.3) is 0 Å². The van der Waals surface area contributed by atoms with Crippen molar-refractivity contribution >= 4 is 23.9 Å². The standard InChI is InChI=1S/C19H27NO7/c1-6-25-14(21)12-8-9-19(10-12)11-13(15(22)26-7-2)20(16(19)23)17(24)27-18(3,4)5/h8,13H,6-7,9-11H2,1-5H3/t13-,19-/m1/s1. The van der Waals surface area contributed by atoms with E-state index in [2.05, 4.69) is 0 Å². The van der Waals surface area contributed by atoms with Crippen LogP contribution in [-0.2, 0) is 28.6 Å². The molecule has 1 fully saturated rings. The lowest BCUT2D eigenvalue weighted by Crippen LogP contribution is -2.47. The van der Waals surface area contributed by atoms with Crippen molar-refractivity contribution in [2.45, 2.75) is 65.5 Å². The van der Waals surface area contributed by atoms with Crippen molar-refractivity contribution in [3.05, 3.63) is 11.6 Å². The van der Waals surface area contributed by atoms with E-state index in [9.17, 15) is 19.2 Å². The highest BCUT2D eigenvalue weighted by molar-refractivity contribution is 6.04. The minimum Gasteiger partial charge on any atom is -0.464 e. The number of hydrogen-bond donors (Lipinski definition) is 0. The van der Waals surface area contributed by atoms with Crippen molar-refractivity contribution < 1.29 is 33.4 Å². The second-order valence-corrected chi connectivity index (χ2v) is 7.74. The van der Waals surface area contributed by atoms with Crippen LogP contribution in [0.2, 0.25) is 0 Å². The average molecular weight is 381 g/mol. The zero-order valence-electron chi connectivity index (χ0n) is 16.5. The van der Waals surface area contributed by atoms with Crippen LogP contribution in [0.4, 0.5) is 4.79 Å². The molecule has 2 amide bonds. The molecular formula is C19H27NO7. The lowest BCUT2D eigenvalue weighted by Gasteiger charge is -2.27. The molecule has 1 aliphatic carbocycles. The van der Waals surface area contributed by atoms with Crippen LogP contribution in [0.3, 0.4) is 0 Å². The number of imide groups is 1. The van der Waals surface area contributed by atoms with Crippen LogP contribution >= 0.6 is 0 Å². The minimum atomic E-state index is -1.07. The number of carbonyl (C=O) groups excluding carboxylic acids is 4. The van der Waals surface area contributed by atoms with E-state index in [0.29, 0.717) is 5.57 Å². The molecule has 0 radical (unpaired) electrons. The Hall–Kier alpha value is -2.38. The lowest BCUT2D eigenvalue weighted by molar-refractivity contribution is -0.151. The first-order chi connectivity index (χ1) is 12.5. The maximum Gasteiger partial charge on any atom is 0.417 e. The number of ether oxygens (including phenoxy) is 3. The summed E-state index contributed by atoms with van der Waals surface area (Å²) in [5.41, 5.74) is -1.47. The molecule has 0 saturated carbocycles. The van der Waals surface area contributed by atoms with E-state index in [-0.39, 0.29) is 32.5 Å². The summed E-state index contributed by atoms with van der Waals surface area (Å²) in [7, 11) is 0. The van der Waals surface area contributed by atoms with Gasteiger partial charge in [-0.05, 0) is 53.9 Å². The first kappa shape index (κ1) is 20.9. The van der Waals surface area contributed by atoms with Crippen LogP contribution in [0, 0.1) is 5.41 Å². The average Bonchev–Trinajstić information content (AvgIpc) is 3.10. The number of carbonyl (C=O) groups is 4. The molecule has 1 aliphatic heterocycles. The number of rotatable bonds is 4. The molecule has 0 bridgehead atoms. The van der Waals surface area contributed by atoms with Crippen LogP contribution in [0.5, 0.6) is 0 Å². The molecule has 1 spiro atoms. The quantitative estimate of drug-likeness (QED) is 0.544. The van der Waals surface area contributed by atoms with E-state index < -0.39 is 41.0 Å². The monoisotopic (exact) mass is 381 g/mol. The third-order valence-electron chi connectivity index (χ3n) is 4.52. The van der Waals surface area contributed by atoms with Gasteiger partial charge in [0, 0.05) is 5.57 Å². The summed E-state index contributed by atoms with van der Waals surface area (Å²) in [6.07, 6.45) is 1.24. The number of nitrogens with zero attached hydrogens (tertiary/aromatic N) is 1. The molecule has 0 aromatic rings. The van der Waals surface area contributed by atoms with E-state index in [0.717, 1.165) is 4.90 Å². The Balaban J connectivity index is 2.28. The molecule has 8 heteroatoms. The number of amides is 2. The van der Waals surface area contributed by atoms with Gasteiger partial charge in [0.05, 0.1) is 18.6 Å². The number of esters is 2. The second kappa shape index (κ2) is 7.70. The Labute approximate surface area is 158 Å². The Morgan fingerprint density at radius 2 is 1.81 bits per heavy atom. The fraction of sp³-hybridized carbons (Fsp3) is 0.684. The zero-order valence-corrected chi connectivity index (χ0v) is 16.5. The van der Waals surface area contributed by atoms with Gasteiger partial charge < -0.3 is 14.2 Å². The molecule has 2 atom stereocenters. The number of hydrogen-bond acceptors (Lipinski definition) is 7. The predicted molar refractivity (Wildman–Crippen MR) is 94.5 cm³/mol. The van der Waals surface area contributed by atoms with Gasteiger partial charge in [0.1, 0.15) is 11.6 Å². The highest BCUT2D eigenvalue weighted by Gasteiger charge is 2.59. The van der Waals surface area contributed by atoms with E-state index in [4.69, 9.17) is 14.2 Å². The zero-order chi connectivity index (χ0) is 20.4. The van der Waals surface area contributed by atoms with Gasteiger partial charge in [-0.3, -0.25) is 4.79 Å². The molecule has 0 aromatic heterocycles. The topological polar surface area (TPSA) is 99.2 Å². The van der Waals surface area contributed by atoms with Crippen molar-refractivity contribution in [2.24, 2.45) is 5.41 Å². The summed E-state index contributed by atoms with van der Waals surface area (Å²) in [5, 5.41) is 0. The highest BCUT2D eigenvalue weighted by atomic mass is 16.6. The second-order valence-electron chi connectivity index (χ2n) is 7.74. The molecule has 8 nitrogen and oxygen atoms in total. The van der Waals surface area contributed by atoms with Gasteiger partial charge in [0.15, 0.2) is 0 Å². The van der Waals surface area contributed by atoms with Gasteiger partial charge in [0.2, 0.25) is 5.91 Å². The Morgan fingerprint density at radius 3 is 2.37 bits per heavy atom. The van der Waals surface area contributed by atoms with E-state index >= 15 is 0 Å². The number of allylic oxidation sites excluding steroid dienone is 1. The van der Waals surface area contributed by atoms with Gasteiger partial charge in [-0.1, -0.05) is 6.08 Å². The van der Waals surface area contributed by atoms with Gasteiger partial charge in [-0.2, -0.15) is 0 Å². The molecule has 1 heterocycles. The van der Waals surface area contributed by atoms with Gasteiger partial charge in [-0.15, -0.1) is 0 Å². The van der Waals surface area contributed by atoms with Gasteiger partial charge in [-0.25, -0.2) is 19.3 Å². The van der Waals surface area contributed by atoms with Crippen LogP contribution < -0.4 is 0 Å². The van der Waals surface area contributed by atoms with Gasteiger partial charge >= 0.3 is 18.0 Å². The van der Waals surface area contributed by atoms with Crippen LogP contribution in [-0.4, -0.2) is 53.7 Å². The minimum absolute atomic E-state index is 0.0866. The van der Waals surface area contributed by atoms with Crippen LogP contribution in [0.15, 0.2) is 11.6 Å². The fourth-order valence-electron chi connectivity index (χ4n) is 3.42. The van der Waals surface area contributed by atoms with Gasteiger partial charge in [0.25, 0.3) is 0 Å². The summed E-state index contributed by atoms with van der Waals surface area (Å²) >= 11 is 0. The molecule has 2 aliphatic rings. The van der Waals surface area contributed by atoms with Crippen molar-refractivity contribution in [3.8, 4) is 0 Å². The molecule has 0 N–H and O–H groups in total. The SMILES string of the molecule is CCOC(=O)C1=CC[C@@]2(C1)C[C@H](C(=O)OCC)N(C(=O)OC(C)(C)C)C2=O. The van der Waals surface area contributed by atoms with E-state index in [1.54, 1.807) is 40.7 Å². The summed E-state index contributed by atoms with van der Waals surface area (Å²) in [5.74, 6) is -1.66. The lowest BCUT2D eigenvalue weighted by atomic mass is 9.81. The van der Waals surface area contributed by atoms with E-state index in [1.807, 2.05) is 0 Å². The molecule has 0 aromatic carbocycles. The first-order valence-corrected chi connectivity index (χ1v) is 9.14. The Kier molecular flexibility index (Phi) is 5.97. The Bertz CT molecular complexity index is 676. The van der Waals surface area contributed by atoms with Crippen molar-refractivity contribution in [1.82, 2.24) is 4.90 Å². The third-order valence-corrected chi connectivity index (χ3v) is 4.52. The van der Waals surface area contributed by atoms with Crippen molar-refractivity contribution in [2.75, 3.05) is 13.2 Å². The summed E-state index contributed by atoms with van der Waals surface area (Å²) in [6.45, 7) is 8.74. The van der Waals surface area contributed by atoms with Crippen LogP contribution in [0.1, 0.15) is 53.9 Å². The molecule has 1 saturated heterocycles. The van der Waals surface area contributed by atoms with Crippen molar-refractivity contribution in [1.29, 1.82) is 0 Å². The maximum atomic E-state index is 13.1. The first-order valence-electron chi connectivity index (χ1n) is 9.14. The van der Waals surface area contributed by atoms with E-state index in [1.165, 1.54) is 0 Å².